The lowest BCUT2D eigenvalue weighted by molar-refractivity contribution is -0.117. The number of amides is 1. The van der Waals surface area contributed by atoms with Gasteiger partial charge in [0.2, 0.25) is 5.91 Å². The predicted octanol–water partition coefficient (Wildman–Crippen LogP) is 3.04. The summed E-state index contributed by atoms with van der Waals surface area (Å²) in [4.78, 5) is 19.4. The normalized spacial score (nSPS) is 17.8. The molecule has 0 bridgehead atoms. The zero-order valence-corrected chi connectivity index (χ0v) is 18.9. The highest BCUT2D eigenvalue weighted by Crippen LogP contribution is 2.45. The molecule has 1 spiro atoms. The minimum absolute atomic E-state index is 0.00742. The maximum atomic E-state index is 12.3. The lowest BCUT2D eigenvalue weighted by Gasteiger charge is -2.56. The van der Waals surface area contributed by atoms with Crippen LogP contribution in [0.4, 0.5) is 5.82 Å². The number of carbonyl (C=O) groups is 1. The standard InChI is InChI=1S/C24H26N6OS/c1-2-17-18(14-25)22(30-13-10-24(30)8-11-28-12-9-24)29-23(19(17)15-26)32-20(21(27)31)16-6-4-3-5-7-16/h3-7,20,28H,2,8-13H2,1H3,(H2,27,31). The van der Waals surface area contributed by atoms with E-state index < -0.39 is 11.2 Å². The SMILES string of the molecule is CCc1c(C#N)c(SC(C(N)=O)c2ccccc2)nc(N2CCC23CCNCC3)c1C#N. The molecule has 2 aliphatic rings. The topological polar surface area (TPSA) is 119 Å². The molecule has 1 aromatic heterocycles. The molecule has 2 aliphatic heterocycles. The Morgan fingerprint density at radius 1 is 1.22 bits per heavy atom. The number of nitriles is 2. The maximum absolute atomic E-state index is 12.3. The number of carbonyl (C=O) groups excluding carboxylic acids is 1. The van der Waals surface area contributed by atoms with Crippen LogP contribution in [-0.2, 0) is 11.2 Å². The van der Waals surface area contributed by atoms with Gasteiger partial charge in [-0.05, 0) is 49.9 Å². The average Bonchev–Trinajstić information content (AvgIpc) is 2.82. The van der Waals surface area contributed by atoms with E-state index in [1.54, 1.807) is 0 Å². The number of nitrogens with two attached hydrogens (primary N) is 1. The van der Waals surface area contributed by atoms with Crippen LogP contribution in [0.3, 0.4) is 0 Å². The van der Waals surface area contributed by atoms with Gasteiger partial charge in [-0.15, -0.1) is 0 Å². The zero-order valence-electron chi connectivity index (χ0n) is 18.1. The van der Waals surface area contributed by atoms with Crippen molar-refractivity contribution in [2.75, 3.05) is 24.5 Å². The van der Waals surface area contributed by atoms with Gasteiger partial charge >= 0.3 is 0 Å². The molecule has 1 unspecified atom stereocenters. The van der Waals surface area contributed by atoms with Crippen molar-refractivity contribution in [2.45, 2.75) is 48.4 Å². The highest BCUT2D eigenvalue weighted by atomic mass is 32.2. The molecule has 1 atom stereocenters. The number of benzene rings is 1. The molecule has 32 heavy (non-hydrogen) atoms. The highest BCUT2D eigenvalue weighted by molar-refractivity contribution is 8.00. The molecule has 2 saturated heterocycles. The Bertz CT molecular complexity index is 1100. The number of primary amides is 1. The van der Waals surface area contributed by atoms with Crippen molar-refractivity contribution < 1.29 is 4.79 Å². The van der Waals surface area contributed by atoms with E-state index in [0.29, 0.717) is 34.0 Å². The second kappa shape index (κ2) is 9.20. The second-order valence-corrected chi connectivity index (χ2v) is 9.33. The van der Waals surface area contributed by atoms with Crippen molar-refractivity contribution in [3.8, 4) is 12.1 Å². The van der Waals surface area contributed by atoms with Gasteiger partial charge in [-0.1, -0.05) is 49.0 Å². The molecule has 4 rings (SSSR count). The molecule has 2 fully saturated rings. The van der Waals surface area contributed by atoms with Crippen molar-refractivity contribution >= 4 is 23.5 Å². The molecule has 8 heteroatoms. The van der Waals surface area contributed by atoms with Crippen molar-refractivity contribution in [2.24, 2.45) is 5.73 Å². The molecule has 1 aromatic carbocycles. The number of nitrogens with zero attached hydrogens (tertiary/aromatic N) is 4. The quantitative estimate of drug-likeness (QED) is 0.655. The van der Waals surface area contributed by atoms with Crippen LogP contribution in [0, 0.1) is 22.7 Å². The van der Waals surface area contributed by atoms with Crippen LogP contribution in [-0.4, -0.2) is 36.1 Å². The summed E-state index contributed by atoms with van der Waals surface area (Å²) in [5.74, 6) is 0.143. The summed E-state index contributed by atoms with van der Waals surface area (Å²) in [6.07, 6.45) is 3.59. The Kier molecular flexibility index (Phi) is 6.36. The monoisotopic (exact) mass is 446 g/mol. The molecule has 0 saturated carbocycles. The fraction of sp³-hybridized carbons (Fsp3) is 0.417. The third kappa shape index (κ3) is 3.81. The first-order chi connectivity index (χ1) is 15.5. The van der Waals surface area contributed by atoms with Gasteiger partial charge in [0.1, 0.15) is 28.2 Å². The van der Waals surface area contributed by atoms with Gasteiger partial charge in [-0.2, -0.15) is 10.5 Å². The lowest BCUT2D eigenvalue weighted by Crippen LogP contribution is -2.64. The Morgan fingerprint density at radius 3 is 2.44 bits per heavy atom. The third-order valence-corrected chi connectivity index (χ3v) is 7.84. The van der Waals surface area contributed by atoms with Crippen molar-refractivity contribution in [1.82, 2.24) is 10.3 Å². The van der Waals surface area contributed by atoms with Gasteiger partial charge in [0.05, 0.1) is 11.1 Å². The minimum atomic E-state index is -0.675. The number of piperidine rings is 1. The Hall–Kier alpha value is -3.07. The van der Waals surface area contributed by atoms with Crippen LogP contribution in [0.2, 0.25) is 0 Å². The molecular formula is C24H26N6OS. The number of nitrogens with one attached hydrogen (secondary N) is 1. The van der Waals surface area contributed by atoms with Gasteiger partial charge in [0.25, 0.3) is 0 Å². The van der Waals surface area contributed by atoms with Gasteiger partial charge in [0, 0.05) is 12.1 Å². The molecule has 1 amide bonds. The molecule has 164 valence electrons. The van der Waals surface area contributed by atoms with Gasteiger partial charge in [-0.25, -0.2) is 4.98 Å². The summed E-state index contributed by atoms with van der Waals surface area (Å²) in [5, 5.41) is 23.2. The van der Waals surface area contributed by atoms with Crippen LogP contribution in [0.15, 0.2) is 35.4 Å². The second-order valence-electron chi connectivity index (χ2n) is 8.23. The van der Waals surface area contributed by atoms with E-state index in [-0.39, 0.29) is 5.54 Å². The predicted molar refractivity (Wildman–Crippen MR) is 124 cm³/mol. The Labute approximate surface area is 192 Å². The van der Waals surface area contributed by atoms with Crippen LogP contribution >= 0.6 is 11.8 Å². The maximum Gasteiger partial charge on any atom is 0.235 e. The lowest BCUT2D eigenvalue weighted by atomic mass is 9.76. The van der Waals surface area contributed by atoms with Crippen LogP contribution in [0.25, 0.3) is 0 Å². The van der Waals surface area contributed by atoms with E-state index in [1.165, 1.54) is 11.8 Å². The Morgan fingerprint density at radius 2 is 1.91 bits per heavy atom. The molecule has 0 radical (unpaired) electrons. The summed E-state index contributed by atoms with van der Waals surface area (Å²) in [7, 11) is 0. The molecule has 3 N–H and O–H groups in total. The third-order valence-electron chi connectivity index (χ3n) is 6.58. The van der Waals surface area contributed by atoms with E-state index in [9.17, 15) is 15.3 Å². The first kappa shape index (κ1) is 22.1. The number of anilines is 1. The number of pyridine rings is 1. The molecule has 2 aromatic rings. The summed E-state index contributed by atoms with van der Waals surface area (Å²) in [6, 6.07) is 13.8. The van der Waals surface area contributed by atoms with Crippen LogP contribution in [0.1, 0.15) is 53.7 Å². The van der Waals surface area contributed by atoms with E-state index >= 15 is 0 Å². The van der Waals surface area contributed by atoms with Crippen molar-refractivity contribution in [3.05, 3.63) is 52.6 Å². The summed E-state index contributed by atoms with van der Waals surface area (Å²) >= 11 is 1.19. The first-order valence-electron chi connectivity index (χ1n) is 10.9. The van der Waals surface area contributed by atoms with Gasteiger partial charge < -0.3 is 16.0 Å². The summed E-state index contributed by atoms with van der Waals surface area (Å²) in [5.41, 5.74) is 8.04. The zero-order chi connectivity index (χ0) is 22.7. The largest absolute Gasteiger partial charge is 0.368 e. The van der Waals surface area contributed by atoms with Gasteiger partial charge in [-0.3, -0.25) is 4.79 Å². The summed E-state index contributed by atoms with van der Waals surface area (Å²) < 4.78 is 0. The van der Waals surface area contributed by atoms with E-state index in [0.717, 1.165) is 44.5 Å². The van der Waals surface area contributed by atoms with Gasteiger partial charge in [0.15, 0.2) is 0 Å². The molecule has 0 aliphatic carbocycles. The number of thioether (sulfide) groups is 1. The fourth-order valence-electron chi connectivity index (χ4n) is 4.78. The molecular weight excluding hydrogens is 420 g/mol. The average molecular weight is 447 g/mol. The number of aromatic nitrogens is 1. The fourth-order valence-corrected chi connectivity index (χ4v) is 5.83. The van der Waals surface area contributed by atoms with E-state index in [4.69, 9.17) is 10.7 Å². The summed E-state index contributed by atoms with van der Waals surface area (Å²) in [6.45, 7) is 4.65. The number of hydrogen-bond acceptors (Lipinski definition) is 7. The number of hydrogen-bond donors (Lipinski definition) is 2. The van der Waals surface area contributed by atoms with Crippen LogP contribution < -0.4 is 16.0 Å². The molecule has 3 heterocycles. The van der Waals surface area contributed by atoms with E-state index in [2.05, 4.69) is 22.4 Å². The van der Waals surface area contributed by atoms with E-state index in [1.807, 2.05) is 37.3 Å². The first-order valence-corrected chi connectivity index (χ1v) is 11.8. The number of rotatable bonds is 6. The molecule has 7 nitrogen and oxygen atoms in total. The smallest absolute Gasteiger partial charge is 0.235 e. The minimum Gasteiger partial charge on any atom is -0.368 e. The van der Waals surface area contributed by atoms with Crippen molar-refractivity contribution in [3.63, 3.8) is 0 Å². The Balaban J connectivity index is 1.82. The van der Waals surface area contributed by atoms with Crippen LogP contribution in [0.5, 0.6) is 0 Å². The highest BCUT2D eigenvalue weighted by Gasteiger charge is 2.47. The van der Waals surface area contributed by atoms with Crippen molar-refractivity contribution in [1.29, 1.82) is 10.5 Å².